The lowest BCUT2D eigenvalue weighted by Gasteiger charge is -2.23. The van der Waals surface area contributed by atoms with E-state index in [0.29, 0.717) is 25.0 Å². The van der Waals surface area contributed by atoms with Gasteiger partial charge in [0.05, 0.1) is 6.61 Å². The first-order valence-electron chi connectivity index (χ1n) is 7.67. The van der Waals surface area contributed by atoms with Crippen LogP contribution >= 0.6 is 0 Å². The van der Waals surface area contributed by atoms with Gasteiger partial charge in [-0.25, -0.2) is 0 Å². The number of nitrogens with one attached hydrogen (secondary N) is 1. The molecule has 0 unspecified atom stereocenters. The van der Waals surface area contributed by atoms with Gasteiger partial charge in [0.25, 0.3) is 0 Å². The summed E-state index contributed by atoms with van der Waals surface area (Å²) in [5, 5.41) is 3.34. The molecular weight excluding hydrogens is 254 g/mol. The van der Waals surface area contributed by atoms with Crippen molar-refractivity contribution in [2.45, 2.75) is 47.0 Å². The molecule has 0 aromatic carbocycles. The molecule has 20 heavy (non-hydrogen) atoms. The molecule has 0 aromatic rings. The Kier molecular flexibility index (Phi) is 6.82. The number of nitrogens with zero attached hydrogens (tertiary/aromatic N) is 2. The summed E-state index contributed by atoms with van der Waals surface area (Å²) in [5.41, 5.74) is 0.362. The highest BCUT2D eigenvalue weighted by molar-refractivity contribution is 5.80. The number of hydrogen-bond acceptors (Lipinski definition) is 3. The van der Waals surface area contributed by atoms with Gasteiger partial charge in [-0.15, -0.1) is 0 Å². The third-order valence-electron chi connectivity index (χ3n) is 3.42. The fourth-order valence-corrected chi connectivity index (χ4v) is 2.36. The number of hydrogen-bond donors (Lipinski definition) is 1. The van der Waals surface area contributed by atoms with Crippen molar-refractivity contribution in [3.63, 3.8) is 0 Å². The summed E-state index contributed by atoms with van der Waals surface area (Å²) in [6.07, 6.45) is 2.38. The molecule has 0 bridgehead atoms. The summed E-state index contributed by atoms with van der Waals surface area (Å²) in [6, 6.07) is 0. The molecular formula is C15H29N3O2. The Morgan fingerprint density at radius 3 is 2.70 bits per heavy atom. The van der Waals surface area contributed by atoms with E-state index in [2.05, 4.69) is 36.0 Å². The van der Waals surface area contributed by atoms with Crippen molar-refractivity contribution in [2.24, 2.45) is 10.4 Å². The van der Waals surface area contributed by atoms with Gasteiger partial charge in [0, 0.05) is 32.6 Å². The predicted octanol–water partition coefficient (Wildman–Crippen LogP) is 2.03. The van der Waals surface area contributed by atoms with Gasteiger partial charge in [-0.2, -0.15) is 0 Å². The molecule has 0 aliphatic carbocycles. The predicted molar refractivity (Wildman–Crippen MR) is 81.8 cm³/mol. The molecule has 1 N–H and O–H groups in total. The monoisotopic (exact) mass is 283 g/mol. The second-order valence-corrected chi connectivity index (χ2v) is 5.98. The van der Waals surface area contributed by atoms with Gasteiger partial charge in [0.1, 0.15) is 0 Å². The highest BCUT2D eigenvalue weighted by Gasteiger charge is 2.30. The molecule has 5 nitrogen and oxygen atoms in total. The molecule has 0 aromatic heterocycles. The summed E-state index contributed by atoms with van der Waals surface area (Å²) in [4.78, 5) is 18.2. The van der Waals surface area contributed by atoms with Crippen LogP contribution < -0.4 is 5.32 Å². The van der Waals surface area contributed by atoms with Crippen LogP contribution in [0.3, 0.4) is 0 Å². The molecule has 116 valence electrons. The van der Waals surface area contributed by atoms with Gasteiger partial charge in [-0.3, -0.25) is 9.79 Å². The van der Waals surface area contributed by atoms with Gasteiger partial charge in [0.2, 0.25) is 0 Å². The first kappa shape index (κ1) is 16.8. The molecule has 1 rings (SSSR count). The summed E-state index contributed by atoms with van der Waals surface area (Å²) in [6.45, 7) is 12.6. The van der Waals surface area contributed by atoms with Crippen LogP contribution in [0.2, 0.25) is 0 Å². The van der Waals surface area contributed by atoms with Crippen molar-refractivity contribution < 1.29 is 9.53 Å². The number of carbonyl (C=O) groups excluding carboxylic acids is 1. The topological polar surface area (TPSA) is 53.9 Å². The number of aliphatic imine (C=N–C) groups is 1. The SMILES string of the molecule is CCNC(=NCCCC(=O)OCC)N1CCC(C)(C)C1. The highest BCUT2D eigenvalue weighted by atomic mass is 16.5. The van der Waals surface area contributed by atoms with Crippen molar-refractivity contribution in [1.29, 1.82) is 0 Å². The van der Waals surface area contributed by atoms with E-state index in [4.69, 9.17) is 4.74 Å². The standard InChI is InChI=1S/C15H29N3O2/c1-5-16-14(18-11-9-15(3,4)12-18)17-10-7-8-13(19)20-6-2/h5-12H2,1-4H3,(H,16,17). The summed E-state index contributed by atoms with van der Waals surface area (Å²) in [5.74, 6) is 0.844. The third-order valence-corrected chi connectivity index (χ3v) is 3.42. The van der Waals surface area contributed by atoms with Gasteiger partial charge < -0.3 is 15.0 Å². The highest BCUT2D eigenvalue weighted by Crippen LogP contribution is 2.28. The van der Waals surface area contributed by atoms with Crippen molar-refractivity contribution in [3.8, 4) is 0 Å². The number of guanidine groups is 1. The lowest BCUT2D eigenvalue weighted by Crippen LogP contribution is -2.40. The lowest BCUT2D eigenvalue weighted by molar-refractivity contribution is -0.143. The minimum absolute atomic E-state index is 0.130. The van der Waals surface area contributed by atoms with E-state index in [9.17, 15) is 4.79 Å². The third kappa shape index (κ3) is 5.80. The average Bonchev–Trinajstić information content (AvgIpc) is 2.74. The van der Waals surface area contributed by atoms with E-state index in [0.717, 1.165) is 32.0 Å². The van der Waals surface area contributed by atoms with Gasteiger partial charge in [-0.1, -0.05) is 13.8 Å². The Hall–Kier alpha value is -1.26. The number of likely N-dealkylation sites (tertiary alicyclic amines) is 1. The van der Waals surface area contributed by atoms with E-state index in [1.807, 2.05) is 6.92 Å². The zero-order valence-electron chi connectivity index (χ0n) is 13.4. The summed E-state index contributed by atoms with van der Waals surface area (Å²) in [7, 11) is 0. The summed E-state index contributed by atoms with van der Waals surface area (Å²) >= 11 is 0. The zero-order valence-corrected chi connectivity index (χ0v) is 13.4. The summed E-state index contributed by atoms with van der Waals surface area (Å²) < 4.78 is 4.91. The van der Waals surface area contributed by atoms with E-state index in [-0.39, 0.29) is 5.97 Å². The van der Waals surface area contributed by atoms with Crippen LogP contribution in [0.4, 0.5) is 0 Å². The molecule has 0 amide bonds. The van der Waals surface area contributed by atoms with Crippen LogP contribution in [0.25, 0.3) is 0 Å². The molecule has 5 heteroatoms. The van der Waals surface area contributed by atoms with Crippen molar-refractivity contribution in [1.82, 2.24) is 10.2 Å². The van der Waals surface area contributed by atoms with E-state index >= 15 is 0 Å². The Labute approximate surface area is 122 Å². The fraction of sp³-hybridized carbons (Fsp3) is 0.867. The van der Waals surface area contributed by atoms with E-state index in [1.165, 1.54) is 6.42 Å². The Morgan fingerprint density at radius 2 is 2.15 bits per heavy atom. The van der Waals surface area contributed by atoms with Crippen LogP contribution in [0.1, 0.15) is 47.0 Å². The van der Waals surface area contributed by atoms with Crippen LogP contribution in [-0.2, 0) is 9.53 Å². The Balaban J connectivity index is 2.41. The Morgan fingerprint density at radius 1 is 1.40 bits per heavy atom. The maximum atomic E-state index is 11.3. The minimum atomic E-state index is -0.130. The van der Waals surface area contributed by atoms with Crippen molar-refractivity contribution in [2.75, 3.05) is 32.8 Å². The molecule has 1 heterocycles. The zero-order chi connectivity index (χ0) is 15.0. The normalized spacial score (nSPS) is 18.2. The lowest BCUT2D eigenvalue weighted by atomic mass is 9.93. The average molecular weight is 283 g/mol. The second-order valence-electron chi connectivity index (χ2n) is 5.98. The molecule has 1 fully saturated rings. The first-order valence-corrected chi connectivity index (χ1v) is 7.67. The van der Waals surface area contributed by atoms with Crippen LogP contribution in [-0.4, -0.2) is 49.6 Å². The Bertz CT molecular complexity index is 340. The molecule has 1 aliphatic rings. The molecule has 1 saturated heterocycles. The molecule has 0 radical (unpaired) electrons. The van der Waals surface area contributed by atoms with Crippen LogP contribution in [0, 0.1) is 5.41 Å². The molecule has 1 aliphatic heterocycles. The van der Waals surface area contributed by atoms with Gasteiger partial charge >= 0.3 is 5.97 Å². The van der Waals surface area contributed by atoms with Crippen molar-refractivity contribution >= 4 is 11.9 Å². The maximum absolute atomic E-state index is 11.3. The van der Waals surface area contributed by atoms with Crippen LogP contribution in [0.5, 0.6) is 0 Å². The van der Waals surface area contributed by atoms with E-state index < -0.39 is 0 Å². The smallest absolute Gasteiger partial charge is 0.305 e. The number of rotatable bonds is 6. The minimum Gasteiger partial charge on any atom is -0.466 e. The number of esters is 1. The molecule has 0 atom stereocenters. The largest absolute Gasteiger partial charge is 0.466 e. The second kappa shape index (κ2) is 8.12. The van der Waals surface area contributed by atoms with E-state index in [1.54, 1.807) is 0 Å². The van der Waals surface area contributed by atoms with Crippen LogP contribution in [0.15, 0.2) is 4.99 Å². The van der Waals surface area contributed by atoms with Gasteiger partial charge in [-0.05, 0) is 32.1 Å². The fourth-order valence-electron chi connectivity index (χ4n) is 2.36. The first-order chi connectivity index (χ1) is 9.48. The molecule has 0 spiro atoms. The maximum Gasteiger partial charge on any atom is 0.305 e. The van der Waals surface area contributed by atoms with Gasteiger partial charge in [0.15, 0.2) is 5.96 Å². The number of carbonyl (C=O) groups is 1. The number of ether oxygens (including phenoxy) is 1. The molecule has 0 saturated carbocycles. The quantitative estimate of drug-likeness (QED) is 0.351. The van der Waals surface area contributed by atoms with Crippen molar-refractivity contribution in [3.05, 3.63) is 0 Å².